The molecule has 0 aliphatic heterocycles. The van der Waals surface area contributed by atoms with Crippen LogP contribution in [0.15, 0.2) is 18.2 Å². The van der Waals surface area contributed by atoms with Crippen molar-refractivity contribution in [2.75, 3.05) is 0 Å². The molecule has 0 amide bonds. The van der Waals surface area contributed by atoms with E-state index >= 15 is 0 Å². The van der Waals surface area contributed by atoms with Crippen LogP contribution in [0.25, 0.3) is 0 Å². The number of benzene rings is 1. The predicted octanol–water partition coefficient (Wildman–Crippen LogP) is 3.51. The van der Waals surface area contributed by atoms with Gasteiger partial charge in [0.2, 0.25) is 0 Å². The lowest BCUT2D eigenvalue weighted by atomic mass is 10.00. The molecule has 0 radical (unpaired) electrons. The first kappa shape index (κ1) is 13.0. The van der Waals surface area contributed by atoms with Crippen LogP contribution in [0.4, 0.5) is 17.6 Å². The van der Waals surface area contributed by atoms with E-state index in [9.17, 15) is 22.7 Å². The van der Waals surface area contributed by atoms with Crippen LogP contribution in [0.2, 0.25) is 0 Å². The van der Waals surface area contributed by atoms with Gasteiger partial charge in [-0.15, -0.1) is 0 Å². The van der Waals surface area contributed by atoms with Gasteiger partial charge in [-0.05, 0) is 36.6 Å². The Morgan fingerprint density at radius 2 is 1.94 bits per heavy atom. The van der Waals surface area contributed by atoms with Crippen LogP contribution in [0.3, 0.4) is 0 Å². The average molecular weight is 236 g/mol. The van der Waals surface area contributed by atoms with E-state index in [-0.39, 0.29) is 5.56 Å². The summed E-state index contributed by atoms with van der Waals surface area (Å²) in [6, 6.07) is 3.70. The first-order chi connectivity index (χ1) is 7.29. The topological polar surface area (TPSA) is 20.2 Å². The van der Waals surface area contributed by atoms with Crippen LogP contribution in [0.5, 0.6) is 0 Å². The summed E-state index contributed by atoms with van der Waals surface area (Å²) in [4.78, 5) is 0. The molecule has 90 valence electrons. The Labute approximate surface area is 90.7 Å². The van der Waals surface area contributed by atoms with E-state index < -0.39 is 30.9 Å². The number of halogens is 4. The van der Waals surface area contributed by atoms with Gasteiger partial charge < -0.3 is 5.11 Å². The van der Waals surface area contributed by atoms with Crippen molar-refractivity contribution in [2.24, 2.45) is 0 Å². The molecule has 5 heteroatoms. The highest BCUT2D eigenvalue weighted by Crippen LogP contribution is 2.29. The van der Waals surface area contributed by atoms with E-state index in [2.05, 4.69) is 0 Å². The number of aliphatic hydroxyl groups excluding tert-OH is 1. The maximum absolute atomic E-state index is 12.8. The molecule has 0 aliphatic carbocycles. The van der Waals surface area contributed by atoms with Gasteiger partial charge in [-0.25, -0.2) is 4.39 Å². The van der Waals surface area contributed by atoms with Crippen molar-refractivity contribution in [3.63, 3.8) is 0 Å². The van der Waals surface area contributed by atoms with Crippen molar-refractivity contribution in [3.05, 3.63) is 35.1 Å². The number of alkyl halides is 3. The van der Waals surface area contributed by atoms with Gasteiger partial charge in [-0.1, -0.05) is 6.07 Å². The molecule has 0 aliphatic rings. The highest BCUT2D eigenvalue weighted by molar-refractivity contribution is 5.28. The largest absolute Gasteiger partial charge is 0.389 e. The van der Waals surface area contributed by atoms with Crippen LogP contribution in [0, 0.1) is 12.7 Å². The monoisotopic (exact) mass is 236 g/mol. The first-order valence-corrected chi connectivity index (χ1v) is 4.80. The summed E-state index contributed by atoms with van der Waals surface area (Å²) in [5, 5.41) is 9.52. The number of aliphatic hydroxyl groups is 1. The number of hydrogen-bond acceptors (Lipinski definition) is 1. The predicted molar refractivity (Wildman–Crippen MR) is 51.4 cm³/mol. The van der Waals surface area contributed by atoms with Crippen LogP contribution in [0.1, 0.15) is 30.1 Å². The van der Waals surface area contributed by atoms with Gasteiger partial charge in [-0.2, -0.15) is 13.2 Å². The van der Waals surface area contributed by atoms with Gasteiger partial charge in [0.25, 0.3) is 0 Å². The fraction of sp³-hybridized carbons (Fsp3) is 0.455. The Morgan fingerprint density at radius 1 is 1.31 bits per heavy atom. The molecule has 1 rings (SSSR count). The fourth-order valence-electron chi connectivity index (χ4n) is 1.43. The molecule has 16 heavy (non-hydrogen) atoms. The molecule has 1 nitrogen and oxygen atoms in total. The maximum Gasteiger partial charge on any atom is 0.389 e. The number of rotatable bonds is 3. The molecule has 0 saturated heterocycles. The molecule has 1 N–H and O–H groups in total. The van der Waals surface area contributed by atoms with E-state index in [4.69, 9.17) is 0 Å². The summed E-state index contributed by atoms with van der Waals surface area (Å²) in [5.41, 5.74) is 0.792. The molecule has 0 spiro atoms. The maximum atomic E-state index is 12.8. The average Bonchev–Trinajstić information content (AvgIpc) is 2.17. The molecule has 1 aromatic rings. The zero-order valence-electron chi connectivity index (χ0n) is 8.68. The van der Waals surface area contributed by atoms with Crippen molar-refractivity contribution < 1.29 is 22.7 Å². The Balaban J connectivity index is 2.73. The second-order valence-corrected chi connectivity index (χ2v) is 3.67. The Kier molecular flexibility index (Phi) is 3.91. The minimum atomic E-state index is -4.30. The molecule has 0 fully saturated rings. The normalized spacial score (nSPS) is 13.9. The minimum Gasteiger partial charge on any atom is -0.388 e. The minimum absolute atomic E-state index is 0.212. The Bertz CT molecular complexity index is 359. The number of hydrogen-bond donors (Lipinski definition) is 1. The lowest BCUT2D eigenvalue weighted by Crippen LogP contribution is -2.10. The molecule has 0 heterocycles. The van der Waals surface area contributed by atoms with Crippen molar-refractivity contribution >= 4 is 0 Å². The van der Waals surface area contributed by atoms with Gasteiger partial charge in [0, 0.05) is 6.42 Å². The highest BCUT2D eigenvalue weighted by Gasteiger charge is 2.28. The summed E-state index contributed by atoms with van der Waals surface area (Å²) < 4.78 is 48.6. The summed E-state index contributed by atoms with van der Waals surface area (Å²) in [6.45, 7) is 1.62. The zero-order chi connectivity index (χ0) is 12.3. The van der Waals surface area contributed by atoms with E-state index in [1.54, 1.807) is 6.92 Å². The Hall–Kier alpha value is -1.10. The van der Waals surface area contributed by atoms with Gasteiger partial charge >= 0.3 is 6.18 Å². The first-order valence-electron chi connectivity index (χ1n) is 4.80. The third-order valence-electron chi connectivity index (χ3n) is 2.30. The quantitative estimate of drug-likeness (QED) is 0.796. The van der Waals surface area contributed by atoms with Gasteiger partial charge in [0.05, 0.1) is 6.10 Å². The molecule has 0 aromatic heterocycles. The number of aryl methyl sites for hydroxylation is 1. The summed E-state index contributed by atoms with van der Waals surface area (Å²) in [7, 11) is 0. The van der Waals surface area contributed by atoms with Crippen molar-refractivity contribution in [3.8, 4) is 0 Å². The van der Waals surface area contributed by atoms with Crippen molar-refractivity contribution in [1.29, 1.82) is 0 Å². The van der Waals surface area contributed by atoms with Crippen LogP contribution >= 0.6 is 0 Å². The van der Waals surface area contributed by atoms with E-state index in [1.807, 2.05) is 0 Å². The summed E-state index contributed by atoms with van der Waals surface area (Å²) in [5.74, 6) is -0.563. The molecule has 0 bridgehead atoms. The van der Waals surface area contributed by atoms with Gasteiger partial charge in [-0.3, -0.25) is 0 Å². The second kappa shape index (κ2) is 4.82. The third-order valence-corrected chi connectivity index (χ3v) is 2.30. The van der Waals surface area contributed by atoms with Crippen molar-refractivity contribution in [2.45, 2.75) is 32.0 Å². The van der Waals surface area contributed by atoms with Crippen LogP contribution in [-0.2, 0) is 0 Å². The standard InChI is InChI=1S/C11H12F4O/c1-7-2-3-8(12)6-9(7)10(16)4-5-11(13,14)15/h2-3,6,10,16H,4-5H2,1H3. The lowest BCUT2D eigenvalue weighted by Gasteiger charge is -2.14. The SMILES string of the molecule is Cc1ccc(F)cc1C(O)CCC(F)(F)F. The molecule has 1 aromatic carbocycles. The molecule has 1 atom stereocenters. The molecular weight excluding hydrogens is 224 g/mol. The molecule has 0 saturated carbocycles. The van der Waals surface area contributed by atoms with Gasteiger partial charge in [0.15, 0.2) is 0 Å². The summed E-state index contributed by atoms with van der Waals surface area (Å²) >= 11 is 0. The van der Waals surface area contributed by atoms with Crippen LogP contribution < -0.4 is 0 Å². The lowest BCUT2D eigenvalue weighted by molar-refractivity contribution is -0.140. The molecular formula is C11H12F4O. The van der Waals surface area contributed by atoms with Gasteiger partial charge in [0.1, 0.15) is 5.82 Å². The van der Waals surface area contributed by atoms with E-state index in [0.717, 1.165) is 6.07 Å². The Morgan fingerprint density at radius 3 is 2.50 bits per heavy atom. The fourth-order valence-corrected chi connectivity index (χ4v) is 1.43. The highest BCUT2D eigenvalue weighted by atomic mass is 19.4. The van der Waals surface area contributed by atoms with Crippen LogP contribution in [-0.4, -0.2) is 11.3 Å². The smallest absolute Gasteiger partial charge is 0.388 e. The van der Waals surface area contributed by atoms with E-state index in [0.29, 0.717) is 5.56 Å². The third kappa shape index (κ3) is 3.81. The molecule has 1 unspecified atom stereocenters. The second-order valence-electron chi connectivity index (χ2n) is 3.67. The van der Waals surface area contributed by atoms with Crippen molar-refractivity contribution in [1.82, 2.24) is 0 Å². The van der Waals surface area contributed by atoms with E-state index in [1.165, 1.54) is 12.1 Å². The summed E-state index contributed by atoms with van der Waals surface area (Å²) in [6.07, 6.45) is -7.11. The zero-order valence-corrected chi connectivity index (χ0v) is 8.68.